The number of carbonyl (C=O) groups is 1. The highest BCUT2D eigenvalue weighted by molar-refractivity contribution is 5.73. The number of aryl methyl sites for hydroxylation is 2. The molecule has 0 aliphatic carbocycles. The van der Waals surface area contributed by atoms with E-state index in [4.69, 9.17) is 4.42 Å². The van der Waals surface area contributed by atoms with Gasteiger partial charge in [0.05, 0.1) is 6.54 Å². The predicted molar refractivity (Wildman–Crippen MR) is 89.3 cm³/mol. The van der Waals surface area contributed by atoms with Crippen LogP contribution in [0.1, 0.15) is 29.6 Å². The molecule has 0 aliphatic heterocycles. The van der Waals surface area contributed by atoms with Crippen molar-refractivity contribution in [3.8, 4) is 0 Å². The topological polar surface area (TPSA) is 74.5 Å². The van der Waals surface area contributed by atoms with Crippen molar-refractivity contribution in [1.82, 2.24) is 10.6 Å². The Labute approximate surface area is 140 Å². The molecule has 1 atom stereocenters. The first-order valence-electron chi connectivity index (χ1n) is 7.84. The Morgan fingerprint density at radius 1 is 1.25 bits per heavy atom. The number of amides is 2. The van der Waals surface area contributed by atoms with Crippen LogP contribution in [0.3, 0.4) is 0 Å². The summed E-state index contributed by atoms with van der Waals surface area (Å²) in [6, 6.07) is 7.55. The third-order valence-corrected chi connectivity index (χ3v) is 3.83. The summed E-state index contributed by atoms with van der Waals surface area (Å²) in [4.78, 5) is 11.8. The predicted octanol–water partition coefficient (Wildman–Crippen LogP) is 2.78. The maximum absolute atomic E-state index is 12.8. The molecule has 2 amide bonds. The second-order valence-electron chi connectivity index (χ2n) is 6.09. The lowest BCUT2D eigenvalue weighted by atomic mass is 9.96. The molecular weight excluding hydrogens is 311 g/mol. The fourth-order valence-corrected chi connectivity index (χ4v) is 2.55. The number of furan rings is 1. The van der Waals surface area contributed by atoms with Gasteiger partial charge >= 0.3 is 6.03 Å². The normalized spacial score (nSPS) is 13.4. The zero-order chi connectivity index (χ0) is 17.7. The Kier molecular flexibility index (Phi) is 5.62. The van der Waals surface area contributed by atoms with Crippen molar-refractivity contribution in [3.05, 3.63) is 58.8 Å². The zero-order valence-electron chi connectivity index (χ0n) is 14.1. The van der Waals surface area contributed by atoms with Crippen LogP contribution in [0.4, 0.5) is 9.18 Å². The van der Waals surface area contributed by atoms with Crippen molar-refractivity contribution in [2.45, 2.75) is 32.8 Å². The molecule has 0 bridgehead atoms. The molecule has 2 rings (SSSR count). The minimum absolute atomic E-state index is 0.0647. The van der Waals surface area contributed by atoms with Gasteiger partial charge in [0.15, 0.2) is 0 Å². The third kappa shape index (κ3) is 4.83. The van der Waals surface area contributed by atoms with Gasteiger partial charge in [0, 0.05) is 12.1 Å². The number of halogens is 1. The van der Waals surface area contributed by atoms with Gasteiger partial charge in [-0.25, -0.2) is 9.18 Å². The van der Waals surface area contributed by atoms with Crippen LogP contribution in [0, 0.1) is 19.7 Å². The van der Waals surface area contributed by atoms with Crippen molar-refractivity contribution < 1.29 is 18.7 Å². The van der Waals surface area contributed by atoms with Crippen molar-refractivity contribution in [1.29, 1.82) is 0 Å². The Balaban J connectivity index is 1.78. The number of urea groups is 1. The van der Waals surface area contributed by atoms with Crippen molar-refractivity contribution in [2.75, 3.05) is 13.1 Å². The van der Waals surface area contributed by atoms with Crippen LogP contribution in [0.15, 0.2) is 34.7 Å². The SMILES string of the molecule is Cc1cc(C(C)(O)CNC(=O)NCCc2ccc(F)cc2)c(C)o1. The van der Waals surface area contributed by atoms with E-state index in [9.17, 15) is 14.3 Å². The smallest absolute Gasteiger partial charge is 0.314 e. The van der Waals surface area contributed by atoms with Gasteiger partial charge in [-0.3, -0.25) is 0 Å². The standard InChI is InChI=1S/C18H23FN2O3/c1-12-10-16(13(2)24-12)18(3,23)11-21-17(22)20-9-8-14-4-6-15(19)7-5-14/h4-7,10,23H,8-9,11H2,1-3H3,(H2,20,21,22). The van der Waals surface area contributed by atoms with E-state index >= 15 is 0 Å². The zero-order valence-corrected chi connectivity index (χ0v) is 14.1. The quantitative estimate of drug-likeness (QED) is 0.760. The van der Waals surface area contributed by atoms with Crippen LogP contribution in [0.25, 0.3) is 0 Å². The highest BCUT2D eigenvalue weighted by atomic mass is 19.1. The Hall–Kier alpha value is -2.34. The maximum Gasteiger partial charge on any atom is 0.314 e. The Morgan fingerprint density at radius 3 is 2.50 bits per heavy atom. The molecule has 1 aromatic heterocycles. The second-order valence-corrected chi connectivity index (χ2v) is 6.09. The monoisotopic (exact) mass is 334 g/mol. The van der Waals surface area contributed by atoms with Crippen LogP contribution in [0.5, 0.6) is 0 Å². The average molecular weight is 334 g/mol. The lowest BCUT2D eigenvalue weighted by Gasteiger charge is -2.23. The number of hydrogen-bond donors (Lipinski definition) is 3. The number of aliphatic hydroxyl groups is 1. The summed E-state index contributed by atoms with van der Waals surface area (Å²) in [6.45, 7) is 5.70. The second kappa shape index (κ2) is 7.49. The van der Waals surface area contributed by atoms with E-state index in [2.05, 4.69) is 10.6 Å². The summed E-state index contributed by atoms with van der Waals surface area (Å²) in [5.74, 6) is 1.07. The fraction of sp³-hybridized carbons (Fsp3) is 0.389. The molecule has 1 unspecified atom stereocenters. The van der Waals surface area contributed by atoms with E-state index in [1.807, 2.05) is 6.92 Å². The summed E-state index contributed by atoms with van der Waals surface area (Å²) in [6.07, 6.45) is 0.601. The molecule has 5 nitrogen and oxygen atoms in total. The molecule has 0 radical (unpaired) electrons. The van der Waals surface area contributed by atoms with Crippen LogP contribution in [0.2, 0.25) is 0 Å². The minimum Gasteiger partial charge on any atom is -0.466 e. The number of benzene rings is 1. The lowest BCUT2D eigenvalue weighted by molar-refractivity contribution is 0.0579. The molecule has 3 N–H and O–H groups in total. The number of rotatable bonds is 6. The molecule has 1 heterocycles. The summed E-state index contributed by atoms with van der Waals surface area (Å²) in [5, 5.41) is 15.9. The van der Waals surface area contributed by atoms with E-state index in [0.717, 1.165) is 5.56 Å². The van der Waals surface area contributed by atoms with Crippen molar-refractivity contribution in [2.24, 2.45) is 0 Å². The summed E-state index contributed by atoms with van der Waals surface area (Å²) >= 11 is 0. The first-order valence-corrected chi connectivity index (χ1v) is 7.84. The summed E-state index contributed by atoms with van der Waals surface area (Å²) in [5.41, 5.74) is 0.385. The van der Waals surface area contributed by atoms with E-state index in [0.29, 0.717) is 30.0 Å². The van der Waals surface area contributed by atoms with Gasteiger partial charge in [0.25, 0.3) is 0 Å². The van der Waals surface area contributed by atoms with Crippen molar-refractivity contribution in [3.63, 3.8) is 0 Å². The number of nitrogens with one attached hydrogen (secondary N) is 2. The Bertz CT molecular complexity index is 693. The highest BCUT2D eigenvalue weighted by Gasteiger charge is 2.28. The number of hydrogen-bond acceptors (Lipinski definition) is 3. The molecule has 2 aromatic rings. The van der Waals surface area contributed by atoms with Crippen molar-refractivity contribution >= 4 is 6.03 Å². The van der Waals surface area contributed by atoms with Crippen LogP contribution >= 0.6 is 0 Å². The van der Waals surface area contributed by atoms with Crippen LogP contribution in [-0.2, 0) is 12.0 Å². The van der Waals surface area contributed by atoms with Gasteiger partial charge in [0.2, 0.25) is 0 Å². The average Bonchev–Trinajstić information content (AvgIpc) is 2.87. The Morgan fingerprint density at radius 2 is 1.92 bits per heavy atom. The van der Waals surface area contributed by atoms with Gasteiger partial charge in [-0.05, 0) is 51.0 Å². The summed E-state index contributed by atoms with van der Waals surface area (Å²) < 4.78 is 18.2. The van der Waals surface area contributed by atoms with Gasteiger partial charge in [-0.1, -0.05) is 12.1 Å². The third-order valence-electron chi connectivity index (χ3n) is 3.83. The van der Waals surface area contributed by atoms with Gasteiger partial charge in [0.1, 0.15) is 22.9 Å². The molecule has 0 saturated heterocycles. The van der Waals surface area contributed by atoms with Gasteiger partial charge in [-0.2, -0.15) is 0 Å². The highest BCUT2D eigenvalue weighted by Crippen LogP contribution is 2.26. The molecular formula is C18H23FN2O3. The molecule has 130 valence electrons. The van der Waals surface area contributed by atoms with Crippen LogP contribution < -0.4 is 10.6 Å². The molecule has 24 heavy (non-hydrogen) atoms. The van der Waals surface area contributed by atoms with Gasteiger partial charge in [-0.15, -0.1) is 0 Å². The van der Waals surface area contributed by atoms with Crippen LogP contribution in [-0.4, -0.2) is 24.2 Å². The van der Waals surface area contributed by atoms with E-state index in [-0.39, 0.29) is 18.4 Å². The fourth-order valence-electron chi connectivity index (χ4n) is 2.55. The molecule has 0 saturated carbocycles. The van der Waals surface area contributed by atoms with E-state index in [1.54, 1.807) is 32.0 Å². The first-order chi connectivity index (χ1) is 11.3. The minimum atomic E-state index is -1.21. The largest absolute Gasteiger partial charge is 0.466 e. The molecule has 0 spiro atoms. The summed E-state index contributed by atoms with van der Waals surface area (Å²) in [7, 11) is 0. The molecule has 0 fully saturated rings. The molecule has 0 aliphatic rings. The first kappa shape index (κ1) is 18.0. The van der Waals surface area contributed by atoms with E-state index in [1.165, 1.54) is 12.1 Å². The van der Waals surface area contributed by atoms with Gasteiger partial charge < -0.3 is 20.2 Å². The lowest BCUT2D eigenvalue weighted by Crippen LogP contribution is -2.44. The van der Waals surface area contributed by atoms with E-state index < -0.39 is 5.60 Å². The maximum atomic E-state index is 12.8. The molecule has 1 aromatic carbocycles. The molecule has 6 heteroatoms. The number of carbonyl (C=O) groups excluding carboxylic acids is 1.